The maximum absolute atomic E-state index is 11.9. The second-order valence-electron chi connectivity index (χ2n) is 4.18. The van der Waals surface area contributed by atoms with Crippen LogP contribution in [0.3, 0.4) is 0 Å². The van der Waals surface area contributed by atoms with E-state index in [0.29, 0.717) is 5.56 Å². The van der Waals surface area contributed by atoms with Crippen LogP contribution >= 0.6 is 0 Å². The molecule has 2 amide bonds. The molecule has 0 heterocycles. The topological polar surface area (TPSA) is 135 Å². The summed E-state index contributed by atoms with van der Waals surface area (Å²) >= 11 is 0. The molecule has 0 saturated heterocycles. The number of amides is 2. The van der Waals surface area contributed by atoms with Gasteiger partial charge in [-0.3, -0.25) is 4.79 Å². The Bertz CT molecular complexity index is 601. The van der Waals surface area contributed by atoms with Gasteiger partial charge in [0.15, 0.2) is 6.61 Å². The van der Waals surface area contributed by atoms with Crippen molar-refractivity contribution in [2.75, 3.05) is 13.2 Å². The molecule has 8 heteroatoms. The number of benzene rings is 1. The minimum absolute atomic E-state index is 0.0793. The molecular weight excluding hydrogens is 288 g/mol. The molecule has 1 aromatic rings. The highest BCUT2D eigenvalue weighted by Crippen LogP contribution is 2.11. The molecule has 0 spiro atoms. The Morgan fingerprint density at radius 2 is 1.91 bits per heavy atom. The van der Waals surface area contributed by atoms with Crippen LogP contribution in [0.4, 0.5) is 4.79 Å². The molecule has 22 heavy (non-hydrogen) atoms. The number of alkyl carbamates (subject to hydrolysis) is 1. The van der Waals surface area contributed by atoms with E-state index < -0.39 is 24.6 Å². The molecule has 0 saturated carbocycles. The first-order valence-electron chi connectivity index (χ1n) is 6.29. The normalized spacial score (nSPS) is 10.6. The number of phenolic OH excluding ortho intramolecular Hbond substituents is 1. The van der Waals surface area contributed by atoms with E-state index in [0.717, 1.165) is 0 Å². The highest BCUT2D eigenvalue weighted by molar-refractivity contribution is 5.86. The average Bonchev–Trinajstić information content (AvgIpc) is 2.52. The summed E-state index contributed by atoms with van der Waals surface area (Å²) in [4.78, 5) is 23.4. The van der Waals surface area contributed by atoms with Crippen LogP contribution in [0.15, 0.2) is 24.3 Å². The van der Waals surface area contributed by atoms with E-state index in [1.54, 1.807) is 24.3 Å². The summed E-state index contributed by atoms with van der Waals surface area (Å²) in [5.74, 6) is -0.473. The molecule has 0 fully saturated rings. The van der Waals surface area contributed by atoms with Crippen LogP contribution in [-0.4, -0.2) is 36.3 Å². The van der Waals surface area contributed by atoms with Gasteiger partial charge in [0.1, 0.15) is 24.4 Å². The number of hydrogen-bond acceptors (Lipinski definition) is 6. The molecule has 1 aromatic carbocycles. The standard InChI is InChI=1S/C14H14N4O4/c15-5-7-17-13(20)12(18-14(21)22-8-6-16)9-10-1-3-11(19)4-2-10/h1-4,12,19H,7-9H2,(H,17,20)(H,18,21). The zero-order valence-corrected chi connectivity index (χ0v) is 11.6. The second-order valence-corrected chi connectivity index (χ2v) is 4.18. The summed E-state index contributed by atoms with van der Waals surface area (Å²) < 4.78 is 4.54. The molecule has 1 rings (SSSR count). The van der Waals surface area contributed by atoms with Crippen molar-refractivity contribution >= 4 is 12.0 Å². The van der Waals surface area contributed by atoms with Crippen molar-refractivity contribution in [3.63, 3.8) is 0 Å². The van der Waals surface area contributed by atoms with Crippen LogP contribution in [0.1, 0.15) is 5.56 Å². The lowest BCUT2D eigenvalue weighted by molar-refractivity contribution is -0.122. The van der Waals surface area contributed by atoms with Crippen molar-refractivity contribution in [1.82, 2.24) is 10.6 Å². The molecule has 1 unspecified atom stereocenters. The molecule has 0 aliphatic carbocycles. The molecule has 1 atom stereocenters. The van der Waals surface area contributed by atoms with Crippen molar-refractivity contribution in [1.29, 1.82) is 10.5 Å². The third-order valence-electron chi connectivity index (χ3n) is 2.59. The van der Waals surface area contributed by atoms with Crippen molar-refractivity contribution in [2.45, 2.75) is 12.5 Å². The number of ether oxygens (including phenoxy) is 1. The predicted molar refractivity (Wildman–Crippen MR) is 74.3 cm³/mol. The lowest BCUT2D eigenvalue weighted by Crippen LogP contribution is -2.48. The number of nitriles is 2. The van der Waals surface area contributed by atoms with Crippen molar-refractivity contribution in [3.05, 3.63) is 29.8 Å². The Kier molecular flexibility index (Phi) is 6.73. The first-order valence-corrected chi connectivity index (χ1v) is 6.29. The van der Waals surface area contributed by atoms with E-state index in [-0.39, 0.29) is 18.7 Å². The van der Waals surface area contributed by atoms with Gasteiger partial charge in [0, 0.05) is 6.42 Å². The van der Waals surface area contributed by atoms with E-state index in [1.165, 1.54) is 12.1 Å². The van der Waals surface area contributed by atoms with E-state index in [1.807, 2.05) is 0 Å². The Morgan fingerprint density at radius 1 is 1.23 bits per heavy atom. The monoisotopic (exact) mass is 302 g/mol. The molecular formula is C14H14N4O4. The van der Waals surface area contributed by atoms with Crippen LogP contribution in [0.5, 0.6) is 5.75 Å². The number of phenols is 1. The summed E-state index contributed by atoms with van der Waals surface area (Å²) in [5, 5.41) is 30.7. The van der Waals surface area contributed by atoms with Gasteiger partial charge in [-0.1, -0.05) is 12.1 Å². The SMILES string of the molecule is N#CCNC(=O)C(Cc1ccc(O)cc1)NC(=O)OCC#N. The van der Waals surface area contributed by atoms with E-state index in [4.69, 9.17) is 10.5 Å². The van der Waals surface area contributed by atoms with Gasteiger partial charge < -0.3 is 20.5 Å². The number of carbonyl (C=O) groups excluding carboxylic acids is 2. The minimum atomic E-state index is -0.968. The summed E-state index contributed by atoms with van der Waals surface area (Å²) in [6.07, 6.45) is -0.767. The van der Waals surface area contributed by atoms with Crippen LogP contribution < -0.4 is 10.6 Å². The van der Waals surface area contributed by atoms with Gasteiger partial charge in [-0.15, -0.1) is 0 Å². The van der Waals surface area contributed by atoms with E-state index in [2.05, 4.69) is 15.4 Å². The third-order valence-corrected chi connectivity index (χ3v) is 2.59. The molecule has 0 aliphatic heterocycles. The lowest BCUT2D eigenvalue weighted by Gasteiger charge is -2.17. The minimum Gasteiger partial charge on any atom is -0.508 e. The van der Waals surface area contributed by atoms with Crippen molar-refractivity contribution in [2.24, 2.45) is 0 Å². The number of nitrogens with one attached hydrogen (secondary N) is 2. The smallest absolute Gasteiger partial charge is 0.408 e. The fourth-order valence-electron chi connectivity index (χ4n) is 1.61. The summed E-state index contributed by atoms with van der Waals surface area (Å²) in [5.41, 5.74) is 0.690. The molecule has 0 radical (unpaired) electrons. The summed E-state index contributed by atoms with van der Waals surface area (Å²) in [6.45, 7) is -0.628. The average molecular weight is 302 g/mol. The maximum Gasteiger partial charge on any atom is 0.408 e. The highest BCUT2D eigenvalue weighted by Gasteiger charge is 2.21. The van der Waals surface area contributed by atoms with Gasteiger partial charge in [-0.05, 0) is 17.7 Å². The number of nitrogens with zero attached hydrogens (tertiary/aromatic N) is 2. The Hall–Kier alpha value is -3.26. The van der Waals surface area contributed by atoms with Crippen LogP contribution in [0, 0.1) is 22.7 Å². The molecule has 114 valence electrons. The third kappa shape index (κ3) is 5.80. The number of carbonyl (C=O) groups is 2. The van der Waals surface area contributed by atoms with E-state index >= 15 is 0 Å². The van der Waals surface area contributed by atoms with Crippen molar-refractivity contribution in [3.8, 4) is 17.9 Å². The van der Waals surface area contributed by atoms with Gasteiger partial charge >= 0.3 is 6.09 Å². The number of rotatable bonds is 6. The van der Waals surface area contributed by atoms with Crippen LogP contribution in [0.25, 0.3) is 0 Å². The Balaban J connectivity index is 2.75. The second kappa shape index (κ2) is 8.82. The molecule has 0 aliphatic rings. The van der Waals surface area contributed by atoms with Gasteiger partial charge in [-0.25, -0.2) is 4.79 Å². The highest BCUT2D eigenvalue weighted by atomic mass is 16.5. The molecule has 8 nitrogen and oxygen atoms in total. The van der Waals surface area contributed by atoms with Gasteiger partial charge in [0.05, 0.1) is 6.07 Å². The zero-order chi connectivity index (χ0) is 16.4. The largest absolute Gasteiger partial charge is 0.508 e. The zero-order valence-electron chi connectivity index (χ0n) is 11.6. The number of aromatic hydroxyl groups is 1. The molecule has 0 bridgehead atoms. The fourth-order valence-corrected chi connectivity index (χ4v) is 1.61. The quantitative estimate of drug-likeness (QED) is 0.642. The first kappa shape index (κ1) is 16.8. The van der Waals surface area contributed by atoms with Gasteiger partial charge in [0.2, 0.25) is 5.91 Å². The van der Waals surface area contributed by atoms with E-state index in [9.17, 15) is 14.7 Å². The molecule has 3 N–H and O–H groups in total. The molecule has 0 aromatic heterocycles. The summed E-state index contributed by atoms with van der Waals surface area (Å²) in [7, 11) is 0. The van der Waals surface area contributed by atoms with Gasteiger partial charge in [-0.2, -0.15) is 10.5 Å². The van der Waals surface area contributed by atoms with Crippen molar-refractivity contribution < 1.29 is 19.4 Å². The Labute approximate surface area is 126 Å². The summed E-state index contributed by atoms with van der Waals surface area (Å²) in [6, 6.07) is 8.53. The maximum atomic E-state index is 11.9. The lowest BCUT2D eigenvalue weighted by atomic mass is 10.1. The number of hydrogen-bond donors (Lipinski definition) is 3. The Morgan fingerprint density at radius 3 is 2.50 bits per heavy atom. The van der Waals surface area contributed by atoms with Crippen LogP contribution in [-0.2, 0) is 16.0 Å². The predicted octanol–water partition coefficient (Wildman–Crippen LogP) is 0.193. The van der Waals surface area contributed by atoms with Crippen LogP contribution in [0.2, 0.25) is 0 Å². The first-order chi connectivity index (χ1) is 10.6. The fraction of sp³-hybridized carbons (Fsp3) is 0.286. The van der Waals surface area contributed by atoms with Gasteiger partial charge in [0.25, 0.3) is 0 Å².